The summed E-state index contributed by atoms with van der Waals surface area (Å²) in [5.41, 5.74) is 0. The molecule has 0 saturated heterocycles. The molecule has 66 valence electrons. The molecule has 0 aliphatic rings. The van der Waals surface area contributed by atoms with E-state index < -0.39 is 0 Å². The first-order valence-electron chi connectivity index (χ1n) is 3.46. The topological polar surface area (TPSA) is 35.5 Å². The van der Waals surface area contributed by atoms with Crippen molar-refractivity contribution in [1.82, 2.24) is 0 Å². The van der Waals surface area contributed by atoms with Crippen LogP contribution >= 0.6 is 8.69 Å². The van der Waals surface area contributed by atoms with E-state index in [-0.39, 0.29) is 8.69 Å². The van der Waals surface area contributed by atoms with E-state index >= 15 is 0 Å². The summed E-state index contributed by atoms with van der Waals surface area (Å²) in [5, 5.41) is 0. The fraction of sp³-hybridized carbons (Fsp3) is 0.714. The second kappa shape index (κ2) is 16.4. The van der Waals surface area contributed by atoms with Crippen LogP contribution in [0.5, 0.6) is 0 Å². The van der Waals surface area contributed by atoms with Crippen LogP contribution in [0.15, 0.2) is 12.7 Å². The van der Waals surface area contributed by atoms with E-state index in [2.05, 4.69) is 11.1 Å². The van der Waals surface area contributed by atoms with Crippen molar-refractivity contribution in [3.8, 4) is 0 Å². The Bertz CT molecular complexity index is 75.8. The quantitative estimate of drug-likeness (QED) is 0.368. The Morgan fingerprint density at radius 1 is 1.45 bits per heavy atom. The largest absolute Gasteiger partial charge is 0.382 e. The molecule has 0 unspecified atom stereocenters. The smallest absolute Gasteiger partial charge is 0.327 e. The van der Waals surface area contributed by atoms with Gasteiger partial charge in [0.25, 0.3) is 0 Å². The van der Waals surface area contributed by atoms with Gasteiger partial charge in [0.2, 0.25) is 0 Å². The summed E-state index contributed by atoms with van der Waals surface area (Å²) in [7, 11) is -0.276. The standard InChI is InChI=1S/C4H10O.C3H5O2P/c1-3-5-4-2;1-2-3-5-6-4/h3-4H2,1-2H3;2H,1,3H2. The highest BCUT2D eigenvalue weighted by molar-refractivity contribution is 7.17. The molecule has 4 heteroatoms. The molecule has 0 bridgehead atoms. The Labute approximate surface area is 69.7 Å². The number of hydrogen-bond donors (Lipinski definition) is 0. The lowest BCUT2D eigenvalue weighted by atomic mass is 10.7. The SMILES string of the molecule is C=CCOP=O.CCOCC. The first-order chi connectivity index (χ1) is 5.33. The zero-order valence-electron chi connectivity index (χ0n) is 7.08. The van der Waals surface area contributed by atoms with Gasteiger partial charge >= 0.3 is 8.69 Å². The molecule has 0 aliphatic carbocycles. The average Bonchev–Trinajstić information content (AvgIpc) is 2.04. The summed E-state index contributed by atoms with van der Waals surface area (Å²) in [4.78, 5) is 0. The van der Waals surface area contributed by atoms with Crippen LogP contribution in [0.1, 0.15) is 13.8 Å². The predicted octanol–water partition coefficient (Wildman–Crippen LogP) is 2.44. The van der Waals surface area contributed by atoms with E-state index in [4.69, 9.17) is 4.74 Å². The predicted molar refractivity (Wildman–Crippen MR) is 45.9 cm³/mol. The molecule has 0 rings (SSSR count). The van der Waals surface area contributed by atoms with E-state index in [0.717, 1.165) is 13.2 Å². The van der Waals surface area contributed by atoms with Crippen LogP contribution in [0, 0.1) is 0 Å². The van der Waals surface area contributed by atoms with Gasteiger partial charge in [-0.05, 0) is 13.8 Å². The Hall–Kier alpha value is -0.240. The zero-order chi connectivity index (χ0) is 8.95. The second-order valence-electron chi connectivity index (χ2n) is 1.44. The molecule has 0 aromatic heterocycles. The minimum absolute atomic E-state index is 0.276. The highest BCUT2D eigenvalue weighted by atomic mass is 31.1. The molecule has 0 amide bonds. The van der Waals surface area contributed by atoms with Crippen LogP contribution in [-0.4, -0.2) is 19.8 Å². The van der Waals surface area contributed by atoms with Crippen molar-refractivity contribution in [3.05, 3.63) is 12.7 Å². The zero-order valence-corrected chi connectivity index (χ0v) is 7.97. The first-order valence-corrected chi connectivity index (χ1v) is 4.19. The molecule has 0 spiro atoms. The van der Waals surface area contributed by atoms with Gasteiger partial charge in [0, 0.05) is 13.2 Å². The van der Waals surface area contributed by atoms with Crippen LogP contribution in [0.2, 0.25) is 0 Å². The highest BCUT2D eigenvalue weighted by Gasteiger charge is 1.69. The Morgan fingerprint density at radius 2 is 2.00 bits per heavy atom. The average molecular weight is 178 g/mol. The van der Waals surface area contributed by atoms with Crippen molar-refractivity contribution in [3.63, 3.8) is 0 Å². The molecule has 0 aliphatic heterocycles. The van der Waals surface area contributed by atoms with Gasteiger partial charge in [0.05, 0.1) is 6.61 Å². The Morgan fingerprint density at radius 3 is 2.09 bits per heavy atom. The lowest BCUT2D eigenvalue weighted by Crippen LogP contribution is -1.84. The maximum absolute atomic E-state index is 9.39. The number of hydrogen-bond acceptors (Lipinski definition) is 3. The Balaban J connectivity index is 0. The molecule has 0 heterocycles. The molecule has 11 heavy (non-hydrogen) atoms. The Kier molecular flexibility index (Phi) is 19.9. The summed E-state index contributed by atoms with van der Waals surface area (Å²) >= 11 is 0. The molecule has 0 fully saturated rings. The van der Waals surface area contributed by atoms with E-state index in [1.54, 1.807) is 0 Å². The summed E-state index contributed by atoms with van der Waals surface area (Å²) in [6.07, 6.45) is 1.53. The van der Waals surface area contributed by atoms with Gasteiger partial charge in [-0.3, -0.25) is 4.52 Å². The van der Waals surface area contributed by atoms with Crippen LogP contribution in [-0.2, 0) is 13.8 Å². The van der Waals surface area contributed by atoms with Gasteiger partial charge in [-0.2, -0.15) is 0 Å². The summed E-state index contributed by atoms with van der Waals surface area (Å²) < 4.78 is 18.5. The van der Waals surface area contributed by atoms with Crippen molar-refractivity contribution in [2.45, 2.75) is 13.8 Å². The third-order valence-corrected chi connectivity index (χ3v) is 0.908. The monoisotopic (exact) mass is 178 g/mol. The fourth-order valence-corrected chi connectivity index (χ4v) is 0.454. The minimum atomic E-state index is -0.276. The molecule has 0 atom stereocenters. The lowest BCUT2D eigenvalue weighted by molar-refractivity contribution is 0.162. The van der Waals surface area contributed by atoms with E-state index in [0.29, 0.717) is 6.61 Å². The van der Waals surface area contributed by atoms with Crippen molar-refractivity contribution in [1.29, 1.82) is 0 Å². The van der Waals surface area contributed by atoms with Crippen molar-refractivity contribution in [2.24, 2.45) is 0 Å². The third-order valence-electron chi connectivity index (χ3n) is 0.653. The third kappa shape index (κ3) is 25.9. The van der Waals surface area contributed by atoms with Crippen LogP contribution in [0.4, 0.5) is 0 Å². The summed E-state index contributed by atoms with van der Waals surface area (Å²) in [6, 6.07) is 0. The molecular weight excluding hydrogens is 163 g/mol. The van der Waals surface area contributed by atoms with Gasteiger partial charge in [0.1, 0.15) is 0 Å². The molecule has 3 nitrogen and oxygen atoms in total. The lowest BCUT2D eigenvalue weighted by Gasteiger charge is -1.86. The molecule has 0 N–H and O–H groups in total. The van der Waals surface area contributed by atoms with E-state index in [9.17, 15) is 4.57 Å². The number of rotatable bonds is 5. The van der Waals surface area contributed by atoms with Gasteiger partial charge in [-0.15, -0.1) is 6.58 Å². The molecule has 0 radical (unpaired) electrons. The van der Waals surface area contributed by atoms with E-state index in [1.165, 1.54) is 6.08 Å². The summed E-state index contributed by atoms with van der Waals surface area (Å²) in [6.45, 7) is 9.35. The second-order valence-corrected chi connectivity index (χ2v) is 1.85. The highest BCUT2D eigenvalue weighted by Crippen LogP contribution is 1.90. The maximum Gasteiger partial charge on any atom is 0.327 e. The summed E-state index contributed by atoms with van der Waals surface area (Å²) in [5.74, 6) is 0. The fourth-order valence-electron chi connectivity index (χ4n) is 0.287. The molecule has 0 aromatic carbocycles. The number of ether oxygens (including phenoxy) is 1. The van der Waals surface area contributed by atoms with Crippen LogP contribution in [0.25, 0.3) is 0 Å². The van der Waals surface area contributed by atoms with Crippen molar-refractivity contribution < 1.29 is 13.8 Å². The van der Waals surface area contributed by atoms with Crippen molar-refractivity contribution >= 4 is 8.69 Å². The molecule has 0 saturated carbocycles. The maximum atomic E-state index is 9.39. The van der Waals surface area contributed by atoms with Gasteiger partial charge in [-0.25, -0.2) is 4.57 Å². The van der Waals surface area contributed by atoms with Crippen LogP contribution in [0.3, 0.4) is 0 Å². The molecular formula is C7H15O3P. The minimum Gasteiger partial charge on any atom is -0.382 e. The molecule has 0 aromatic rings. The van der Waals surface area contributed by atoms with Gasteiger partial charge in [-0.1, -0.05) is 6.08 Å². The van der Waals surface area contributed by atoms with E-state index in [1.807, 2.05) is 13.8 Å². The van der Waals surface area contributed by atoms with Gasteiger partial charge < -0.3 is 4.74 Å². The van der Waals surface area contributed by atoms with Gasteiger partial charge in [0.15, 0.2) is 0 Å². The van der Waals surface area contributed by atoms with Crippen LogP contribution < -0.4 is 0 Å². The normalized spacial score (nSPS) is 8.55. The van der Waals surface area contributed by atoms with Crippen molar-refractivity contribution in [2.75, 3.05) is 19.8 Å². The first kappa shape index (κ1) is 13.4.